The van der Waals surface area contributed by atoms with Crippen LogP contribution in [0.1, 0.15) is 51.9 Å². The SMILES string of the molecule is CC(=O)N1CCC(NC(=O)NC23CC4CC(CC(C4)C2O)C3)CC1. The molecule has 3 atom stereocenters. The number of aliphatic hydroxyl groups excluding tert-OH is 1. The molecule has 0 aromatic rings. The summed E-state index contributed by atoms with van der Waals surface area (Å²) in [5.74, 6) is 1.82. The van der Waals surface area contributed by atoms with E-state index in [2.05, 4.69) is 10.6 Å². The van der Waals surface area contributed by atoms with Gasteiger partial charge in [0.15, 0.2) is 0 Å². The lowest BCUT2D eigenvalue weighted by atomic mass is 9.51. The van der Waals surface area contributed by atoms with Gasteiger partial charge in [0.1, 0.15) is 0 Å². The minimum absolute atomic E-state index is 0.106. The van der Waals surface area contributed by atoms with Gasteiger partial charge in [-0.3, -0.25) is 4.79 Å². The average Bonchev–Trinajstić information content (AvgIpc) is 2.52. The number of likely N-dealkylation sites (tertiary alicyclic amines) is 1. The summed E-state index contributed by atoms with van der Waals surface area (Å²) in [4.78, 5) is 25.8. The number of carbonyl (C=O) groups is 2. The second-order valence-electron chi connectivity index (χ2n) is 8.59. The highest BCUT2D eigenvalue weighted by Gasteiger charge is 2.57. The number of nitrogens with zero attached hydrogens (tertiary/aromatic N) is 1. The second-order valence-corrected chi connectivity index (χ2v) is 8.59. The fraction of sp³-hybridized carbons (Fsp3) is 0.889. The first-order valence-electron chi connectivity index (χ1n) is 9.47. The maximum Gasteiger partial charge on any atom is 0.315 e. The van der Waals surface area contributed by atoms with Gasteiger partial charge < -0.3 is 20.6 Å². The first kappa shape index (κ1) is 16.2. The van der Waals surface area contributed by atoms with E-state index in [0.717, 1.165) is 38.5 Å². The van der Waals surface area contributed by atoms with Crippen molar-refractivity contribution in [3.8, 4) is 0 Å². The first-order chi connectivity index (χ1) is 11.4. The summed E-state index contributed by atoms with van der Waals surface area (Å²) in [7, 11) is 0. The fourth-order valence-electron chi connectivity index (χ4n) is 5.98. The van der Waals surface area contributed by atoms with Crippen molar-refractivity contribution in [2.45, 2.75) is 69.6 Å². The van der Waals surface area contributed by atoms with Crippen molar-refractivity contribution < 1.29 is 14.7 Å². The summed E-state index contributed by atoms with van der Waals surface area (Å²) in [6, 6.07) is -0.0241. The number of amides is 3. The van der Waals surface area contributed by atoms with E-state index in [1.54, 1.807) is 6.92 Å². The molecular weight excluding hydrogens is 306 g/mol. The lowest BCUT2D eigenvalue weighted by Gasteiger charge is -2.59. The van der Waals surface area contributed by atoms with Crippen molar-refractivity contribution in [1.82, 2.24) is 15.5 Å². The largest absolute Gasteiger partial charge is 0.390 e. The van der Waals surface area contributed by atoms with Crippen LogP contribution in [0.15, 0.2) is 0 Å². The molecule has 5 fully saturated rings. The van der Waals surface area contributed by atoms with Crippen molar-refractivity contribution in [1.29, 1.82) is 0 Å². The fourth-order valence-corrected chi connectivity index (χ4v) is 5.98. The molecule has 5 rings (SSSR count). The number of rotatable bonds is 2. The van der Waals surface area contributed by atoms with Crippen molar-refractivity contribution >= 4 is 11.9 Å². The Morgan fingerprint density at radius 2 is 1.71 bits per heavy atom. The molecular formula is C18H29N3O3. The smallest absolute Gasteiger partial charge is 0.315 e. The maximum atomic E-state index is 12.5. The van der Waals surface area contributed by atoms with Crippen molar-refractivity contribution in [2.24, 2.45) is 17.8 Å². The van der Waals surface area contributed by atoms with Crippen LogP contribution in [0, 0.1) is 17.8 Å². The number of carbonyl (C=O) groups excluding carboxylic acids is 2. The lowest BCUT2D eigenvalue weighted by molar-refractivity contribution is -0.129. The molecule has 1 aliphatic heterocycles. The Kier molecular flexibility index (Phi) is 3.98. The lowest BCUT2D eigenvalue weighted by Crippen LogP contribution is -2.69. The minimum Gasteiger partial charge on any atom is -0.390 e. The predicted octanol–water partition coefficient (Wildman–Crippen LogP) is 1.24. The van der Waals surface area contributed by atoms with E-state index in [0.29, 0.717) is 30.8 Å². The Hall–Kier alpha value is -1.30. The molecule has 0 spiro atoms. The van der Waals surface area contributed by atoms with E-state index in [4.69, 9.17) is 0 Å². The maximum absolute atomic E-state index is 12.5. The zero-order valence-corrected chi connectivity index (χ0v) is 14.5. The molecule has 4 bridgehead atoms. The van der Waals surface area contributed by atoms with Crippen molar-refractivity contribution in [2.75, 3.05) is 13.1 Å². The molecule has 0 aromatic heterocycles. The second kappa shape index (κ2) is 5.90. The van der Waals surface area contributed by atoms with Crippen molar-refractivity contribution in [3.05, 3.63) is 0 Å². The van der Waals surface area contributed by atoms with E-state index in [9.17, 15) is 14.7 Å². The quantitative estimate of drug-likeness (QED) is 0.710. The minimum atomic E-state index is -0.404. The molecule has 6 nitrogen and oxygen atoms in total. The monoisotopic (exact) mass is 335 g/mol. The van der Waals surface area contributed by atoms with Crippen LogP contribution in [0.2, 0.25) is 0 Å². The van der Waals surface area contributed by atoms with Gasteiger partial charge in [0, 0.05) is 26.1 Å². The third-order valence-corrected chi connectivity index (χ3v) is 6.90. The third kappa shape index (κ3) is 2.79. The average molecular weight is 335 g/mol. The molecule has 4 aliphatic carbocycles. The summed E-state index contributed by atoms with van der Waals surface area (Å²) in [6.45, 7) is 3.01. The van der Waals surface area contributed by atoms with Gasteiger partial charge in [-0.2, -0.15) is 0 Å². The molecule has 6 heteroatoms. The Morgan fingerprint density at radius 1 is 1.08 bits per heavy atom. The molecule has 5 aliphatic rings. The number of hydrogen-bond donors (Lipinski definition) is 3. The summed E-state index contributed by atoms with van der Waals surface area (Å²) in [6.07, 6.45) is 6.60. The Labute approximate surface area is 143 Å². The van der Waals surface area contributed by atoms with Gasteiger partial charge in [-0.05, 0) is 62.7 Å². The van der Waals surface area contributed by atoms with Crippen LogP contribution in [0.3, 0.4) is 0 Å². The number of urea groups is 1. The van der Waals surface area contributed by atoms with Crippen LogP contribution in [0.5, 0.6) is 0 Å². The molecule has 3 unspecified atom stereocenters. The summed E-state index contributed by atoms with van der Waals surface area (Å²) in [5, 5.41) is 17.0. The van der Waals surface area contributed by atoms with Gasteiger partial charge >= 0.3 is 6.03 Å². The molecule has 4 saturated carbocycles. The Bertz CT molecular complexity index is 516. The normalized spacial score (nSPS) is 41.3. The van der Waals surface area contributed by atoms with Crippen LogP contribution in [0.25, 0.3) is 0 Å². The number of nitrogens with one attached hydrogen (secondary N) is 2. The summed E-state index contributed by atoms with van der Waals surface area (Å²) in [5.41, 5.74) is -0.404. The first-order valence-corrected chi connectivity index (χ1v) is 9.47. The number of aliphatic hydroxyl groups is 1. The van der Waals surface area contributed by atoms with Crippen LogP contribution >= 0.6 is 0 Å². The zero-order chi connectivity index (χ0) is 16.9. The zero-order valence-electron chi connectivity index (χ0n) is 14.5. The van der Waals surface area contributed by atoms with Crippen LogP contribution < -0.4 is 10.6 Å². The van der Waals surface area contributed by atoms with Crippen LogP contribution in [-0.2, 0) is 4.79 Å². The van der Waals surface area contributed by atoms with E-state index in [1.165, 1.54) is 6.42 Å². The van der Waals surface area contributed by atoms with Gasteiger partial charge in [0.05, 0.1) is 11.6 Å². The molecule has 24 heavy (non-hydrogen) atoms. The molecule has 1 saturated heterocycles. The van der Waals surface area contributed by atoms with Crippen molar-refractivity contribution in [3.63, 3.8) is 0 Å². The van der Waals surface area contributed by atoms with E-state index >= 15 is 0 Å². The van der Waals surface area contributed by atoms with E-state index in [-0.39, 0.29) is 18.0 Å². The van der Waals surface area contributed by atoms with Gasteiger partial charge in [0.25, 0.3) is 0 Å². The molecule has 0 radical (unpaired) electrons. The van der Waals surface area contributed by atoms with Gasteiger partial charge in [-0.15, -0.1) is 0 Å². The molecule has 134 valence electrons. The number of hydrogen-bond acceptors (Lipinski definition) is 3. The Morgan fingerprint density at radius 3 is 2.29 bits per heavy atom. The number of piperidine rings is 1. The standard InChI is InChI=1S/C18H29N3O3/c1-11(22)21-4-2-15(3-5-21)19-17(24)20-18-9-12-6-13(10-18)8-14(7-12)16(18)23/h12-16,23H,2-10H2,1H3,(H2,19,20,24). The van der Waals surface area contributed by atoms with Crippen LogP contribution in [0.4, 0.5) is 4.79 Å². The molecule has 3 N–H and O–H groups in total. The third-order valence-electron chi connectivity index (χ3n) is 6.90. The predicted molar refractivity (Wildman–Crippen MR) is 89.2 cm³/mol. The summed E-state index contributed by atoms with van der Waals surface area (Å²) >= 11 is 0. The topological polar surface area (TPSA) is 81.7 Å². The van der Waals surface area contributed by atoms with E-state index < -0.39 is 11.6 Å². The van der Waals surface area contributed by atoms with Crippen LogP contribution in [-0.4, -0.2) is 52.7 Å². The van der Waals surface area contributed by atoms with Gasteiger partial charge in [0.2, 0.25) is 5.91 Å². The van der Waals surface area contributed by atoms with Gasteiger partial charge in [-0.25, -0.2) is 4.79 Å². The Balaban J connectivity index is 1.34. The summed E-state index contributed by atoms with van der Waals surface area (Å²) < 4.78 is 0. The molecule has 1 heterocycles. The highest BCUT2D eigenvalue weighted by Crippen LogP contribution is 2.55. The molecule has 0 aromatic carbocycles. The van der Waals surface area contributed by atoms with Gasteiger partial charge in [-0.1, -0.05) is 0 Å². The highest BCUT2D eigenvalue weighted by atomic mass is 16.3. The van der Waals surface area contributed by atoms with E-state index in [1.807, 2.05) is 4.90 Å². The highest BCUT2D eigenvalue weighted by molar-refractivity contribution is 5.76. The molecule has 3 amide bonds.